The fraction of sp³-hybridized carbons (Fsp3) is 0.190. The number of hydrogen-bond acceptors (Lipinski definition) is 4. The summed E-state index contributed by atoms with van der Waals surface area (Å²) in [7, 11) is 0. The Balaban J connectivity index is 1.92. The molecule has 7 heteroatoms. The van der Waals surface area contributed by atoms with E-state index in [0.717, 1.165) is 5.56 Å². The molecule has 3 N–H and O–H groups in total. The lowest BCUT2D eigenvalue weighted by Crippen LogP contribution is -2.22. The van der Waals surface area contributed by atoms with Gasteiger partial charge in [-0.05, 0) is 41.3 Å². The summed E-state index contributed by atoms with van der Waals surface area (Å²) < 4.78 is 1.53. The normalized spacial score (nSPS) is 10.9. The molecule has 1 heterocycles. The van der Waals surface area contributed by atoms with Crippen molar-refractivity contribution in [2.75, 3.05) is 5.32 Å². The number of rotatable bonds is 5. The minimum Gasteiger partial charge on any atom is -0.326 e. The number of fused-ring (bicyclic) bond motifs is 1. The summed E-state index contributed by atoms with van der Waals surface area (Å²) in [6.07, 6.45) is 1.69. The first kappa shape index (κ1) is 19.3. The summed E-state index contributed by atoms with van der Waals surface area (Å²) in [5.41, 5.74) is 3.04. The Labute approximate surface area is 161 Å². The van der Waals surface area contributed by atoms with E-state index in [9.17, 15) is 14.4 Å². The van der Waals surface area contributed by atoms with Crippen LogP contribution >= 0.6 is 0 Å². The van der Waals surface area contributed by atoms with Crippen LogP contribution in [0.1, 0.15) is 29.8 Å². The van der Waals surface area contributed by atoms with Crippen molar-refractivity contribution in [3.63, 3.8) is 0 Å². The van der Waals surface area contributed by atoms with E-state index < -0.39 is 5.91 Å². The average molecular weight is 379 g/mol. The molecule has 0 aliphatic rings. The predicted molar refractivity (Wildman–Crippen MR) is 106 cm³/mol. The Hall–Kier alpha value is -3.45. The molecule has 0 fully saturated rings. The molecule has 3 aromatic rings. The van der Waals surface area contributed by atoms with Gasteiger partial charge in [-0.2, -0.15) is 0 Å². The second kappa shape index (κ2) is 8.06. The van der Waals surface area contributed by atoms with Crippen LogP contribution in [-0.2, 0) is 11.3 Å². The molecule has 0 aliphatic carbocycles. The van der Waals surface area contributed by atoms with Gasteiger partial charge in [0.25, 0.3) is 11.5 Å². The third-order valence-electron chi connectivity index (χ3n) is 4.41. The zero-order valence-corrected chi connectivity index (χ0v) is 15.6. The smallest absolute Gasteiger partial charge is 0.274 e. The van der Waals surface area contributed by atoms with Crippen LogP contribution in [0.4, 0.5) is 5.69 Å². The van der Waals surface area contributed by atoms with Gasteiger partial charge >= 0.3 is 0 Å². The Kier molecular flexibility index (Phi) is 5.56. The Bertz CT molecular complexity index is 1100. The first-order valence-electron chi connectivity index (χ1n) is 8.86. The molecule has 7 nitrogen and oxygen atoms in total. The van der Waals surface area contributed by atoms with Crippen LogP contribution in [0.25, 0.3) is 10.8 Å². The van der Waals surface area contributed by atoms with E-state index in [1.807, 2.05) is 32.0 Å². The molecule has 2 amide bonds. The van der Waals surface area contributed by atoms with E-state index in [1.165, 1.54) is 10.6 Å². The van der Waals surface area contributed by atoms with Gasteiger partial charge in [-0.25, -0.2) is 5.48 Å². The van der Waals surface area contributed by atoms with Gasteiger partial charge in [0.2, 0.25) is 5.91 Å². The van der Waals surface area contributed by atoms with Gasteiger partial charge in [-0.15, -0.1) is 0 Å². The maximum absolute atomic E-state index is 12.8. The molecule has 0 saturated heterocycles. The highest BCUT2D eigenvalue weighted by molar-refractivity contribution is 5.97. The standard InChI is InChI=1S/C21H21N3O4/c1-13(2)19(25)22-17-5-3-4-14(10-17)12-24-9-8-15-6-7-16(20(26)23-28)11-18(15)21(24)27/h3-11,13,28H,12H2,1-2H3,(H,22,25)(H,23,26). The van der Waals surface area contributed by atoms with E-state index >= 15 is 0 Å². The largest absolute Gasteiger partial charge is 0.326 e. The van der Waals surface area contributed by atoms with Crippen LogP contribution < -0.4 is 16.4 Å². The first-order valence-corrected chi connectivity index (χ1v) is 8.86. The lowest BCUT2D eigenvalue weighted by atomic mass is 10.1. The number of carbonyl (C=O) groups excluding carboxylic acids is 2. The van der Waals surface area contributed by atoms with E-state index in [1.54, 1.807) is 35.9 Å². The van der Waals surface area contributed by atoms with Crippen LogP contribution in [0.2, 0.25) is 0 Å². The summed E-state index contributed by atoms with van der Waals surface area (Å²) in [4.78, 5) is 36.3. The summed E-state index contributed by atoms with van der Waals surface area (Å²) in [6.45, 7) is 3.95. The monoisotopic (exact) mass is 379 g/mol. The van der Waals surface area contributed by atoms with Crippen LogP contribution in [0, 0.1) is 5.92 Å². The fourth-order valence-electron chi connectivity index (χ4n) is 2.84. The van der Waals surface area contributed by atoms with Crippen LogP contribution in [0.5, 0.6) is 0 Å². The van der Waals surface area contributed by atoms with E-state index in [4.69, 9.17) is 5.21 Å². The number of hydrogen-bond donors (Lipinski definition) is 3. The number of aromatic nitrogens is 1. The van der Waals surface area contributed by atoms with E-state index in [0.29, 0.717) is 23.0 Å². The lowest BCUT2D eigenvalue weighted by Gasteiger charge is -2.11. The van der Waals surface area contributed by atoms with Crippen molar-refractivity contribution >= 4 is 28.3 Å². The molecular formula is C21H21N3O4. The number of benzene rings is 2. The van der Waals surface area contributed by atoms with Gasteiger partial charge in [0.15, 0.2) is 0 Å². The molecule has 144 valence electrons. The zero-order valence-electron chi connectivity index (χ0n) is 15.6. The second-order valence-corrected chi connectivity index (χ2v) is 6.84. The van der Waals surface area contributed by atoms with Crippen molar-refractivity contribution < 1.29 is 14.8 Å². The van der Waals surface area contributed by atoms with Crippen molar-refractivity contribution in [3.8, 4) is 0 Å². The third-order valence-corrected chi connectivity index (χ3v) is 4.41. The first-order chi connectivity index (χ1) is 13.4. The average Bonchev–Trinajstić information content (AvgIpc) is 2.69. The highest BCUT2D eigenvalue weighted by Crippen LogP contribution is 2.15. The molecule has 0 unspecified atom stereocenters. The van der Waals surface area contributed by atoms with Crippen molar-refractivity contribution in [1.82, 2.24) is 10.0 Å². The molecule has 0 spiro atoms. The van der Waals surface area contributed by atoms with Crippen molar-refractivity contribution in [2.24, 2.45) is 5.92 Å². The van der Waals surface area contributed by atoms with Crippen LogP contribution in [0.15, 0.2) is 59.5 Å². The molecule has 3 rings (SSSR count). The summed E-state index contributed by atoms with van der Waals surface area (Å²) in [5.74, 6) is -0.878. The highest BCUT2D eigenvalue weighted by atomic mass is 16.5. The van der Waals surface area contributed by atoms with Gasteiger partial charge in [-0.3, -0.25) is 19.6 Å². The summed E-state index contributed by atoms with van der Waals surface area (Å²) in [5, 5.41) is 12.7. The number of carbonyl (C=O) groups is 2. The molecule has 0 aliphatic heterocycles. The predicted octanol–water partition coefficient (Wildman–Crippen LogP) is 2.76. The number of nitrogens with one attached hydrogen (secondary N) is 2. The van der Waals surface area contributed by atoms with Crippen molar-refractivity contribution in [1.29, 1.82) is 0 Å². The Morgan fingerprint density at radius 1 is 1.11 bits per heavy atom. The molecule has 1 aromatic heterocycles. The number of pyridine rings is 1. The van der Waals surface area contributed by atoms with Gasteiger partial charge < -0.3 is 9.88 Å². The van der Waals surface area contributed by atoms with Crippen LogP contribution in [0.3, 0.4) is 0 Å². The van der Waals surface area contributed by atoms with Gasteiger partial charge in [0.05, 0.1) is 6.54 Å². The quantitative estimate of drug-likeness (QED) is 0.469. The molecule has 0 radical (unpaired) electrons. The molecule has 0 atom stereocenters. The maximum atomic E-state index is 12.8. The van der Waals surface area contributed by atoms with E-state index in [2.05, 4.69) is 5.32 Å². The van der Waals surface area contributed by atoms with Gasteiger partial charge in [-0.1, -0.05) is 32.0 Å². The Morgan fingerprint density at radius 3 is 2.61 bits per heavy atom. The second-order valence-electron chi connectivity index (χ2n) is 6.84. The van der Waals surface area contributed by atoms with E-state index in [-0.39, 0.29) is 22.9 Å². The third kappa shape index (κ3) is 4.10. The summed E-state index contributed by atoms with van der Waals surface area (Å²) >= 11 is 0. The fourth-order valence-corrected chi connectivity index (χ4v) is 2.84. The van der Waals surface area contributed by atoms with Crippen molar-refractivity contribution in [3.05, 3.63) is 76.2 Å². The minimum atomic E-state index is -0.676. The maximum Gasteiger partial charge on any atom is 0.274 e. The number of hydroxylamine groups is 1. The molecule has 2 aromatic carbocycles. The Morgan fingerprint density at radius 2 is 1.89 bits per heavy atom. The van der Waals surface area contributed by atoms with Crippen LogP contribution in [-0.4, -0.2) is 21.6 Å². The molecule has 28 heavy (non-hydrogen) atoms. The molecule has 0 bridgehead atoms. The van der Waals surface area contributed by atoms with Gasteiger partial charge in [0.1, 0.15) is 0 Å². The minimum absolute atomic E-state index is 0.0743. The molecular weight excluding hydrogens is 358 g/mol. The van der Waals surface area contributed by atoms with Gasteiger partial charge in [0, 0.05) is 28.8 Å². The number of amides is 2. The number of nitrogens with zero attached hydrogens (tertiary/aromatic N) is 1. The number of anilines is 1. The SMILES string of the molecule is CC(C)C(=O)Nc1cccc(Cn2ccc3ccc(C(=O)NO)cc3c2=O)c1. The topological polar surface area (TPSA) is 100 Å². The van der Waals surface area contributed by atoms with Crippen molar-refractivity contribution in [2.45, 2.75) is 20.4 Å². The summed E-state index contributed by atoms with van der Waals surface area (Å²) in [6, 6.07) is 13.8. The lowest BCUT2D eigenvalue weighted by molar-refractivity contribution is -0.118. The highest BCUT2D eigenvalue weighted by Gasteiger charge is 2.10. The zero-order chi connectivity index (χ0) is 20.3. The molecule has 0 saturated carbocycles.